The number of aromatic nitrogens is 1. The molecule has 2 heterocycles. The van der Waals surface area contributed by atoms with Crippen molar-refractivity contribution in [2.45, 2.75) is 25.6 Å². The lowest BCUT2D eigenvalue weighted by Gasteiger charge is -2.47. The SMILES string of the molecule is CC1(C)CN(CC(F)(F)F)CCN1C(=O)c1ncccc1O. The molecule has 22 heavy (non-hydrogen) atoms. The van der Waals surface area contributed by atoms with Crippen LogP contribution in [0.15, 0.2) is 18.3 Å². The summed E-state index contributed by atoms with van der Waals surface area (Å²) in [6, 6.07) is 2.85. The van der Waals surface area contributed by atoms with Crippen LogP contribution in [0.25, 0.3) is 0 Å². The summed E-state index contributed by atoms with van der Waals surface area (Å²) < 4.78 is 37.5. The van der Waals surface area contributed by atoms with E-state index >= 15 is 0 Å². The van der Waals surface area contributed by atoms with Gasteiger partial charge in [0.25, 0.3) is 5.91 Å². The van der Waals surface area contributed by atoms with Crippen molar-refractivity contribution in [3.63, 3.8) is 0 Å². The summed E-state index contributed by atoms with van der Waals surface area (Å²) in [6.07, 6.45) is -2.87. The third-order valence-electron chi connectivity index (χ3n) is 3.62. The second-order valence-corrected chi connectivity index (χ2v) is 5.97. The molecule has 5 nitrogen and oxygen atoms in total. The summed E-state index contributed by atoms with van der Waals surface area (Å²) >= 11 is 0. The molecule has 1 aliphatic heterocycles. The Morgan fingerprint density at radius 1 is 1.41 bits per heavy atom. The number of halogens is 3. The van der Waals surface area contributed by atoms with Crippen LogP contribution in [0.5, 0.6) is 5.75 Å². The number of pyridine rings is 1. The van der Waals surface area contributed by atoms with E-state index in [1.807, 2.05) is 0 Å². The van der Waals surface area contributed by atoms with Gasteiger partial charge in [-0.05, 0) is 26.0 Å². The quantitative estimate of drug-likeness (QED) is 0.905. The molecule has 0 radical (unpaired) electrons. The first-order valence-corrected chi connectivity index (χ1v) is 6.85. The molecule has 0 saturated carbocycles. The number of hydrogen-bond acceptors (Lipinski definition) is 4. The van der Waals surface area contributed by atoms with Crippen LogP contribution in [0, 0.1) is 0 Å². The average Bonchev–Trinajstić information content (AvgIpc) is 2.35. The molecular formula is C14H18F3N3O2. The van der Waals surface area contributed by atoms with Crippen molar-refractivity contribution in [2.24, 2.45) is 0 Å². The lowest BCUT2D eigenvalue weighted by atomic mass is 9.98. The van der Waals surface area contributed by atoms with E-state index in [9.17, 15) is 23.1 Å². The fourth-order valence-electron chi connectivity index (χ4n) is 2.71. The lowest BCUT2D eigenvalue weighted by Crippen LogP contribution is -2.62. The van der Waals surface area contributed by atoms with Gasteiger partial charge in [0.05, 0.1) is 12.1 Å². The highest BCUT2D eigenvalue weighted by atomic mass is 19.4. The molecule has 122 valence electrons. The number of aromatic hydroxyl groups is 1. The second-order valence-electron chi connectivity index (χ2n) is 5.97. The fourth-order valence-corrected chi connectivity index (χ4v) is 2.71. The molecule has 1 fully saturated rings. The number of amides is 1. The molecule has 0 atom stereocenters. The molecule has 0 aliphatic carbocycles. The van der Waals surface area contributed by atoms with E-state index in [1.165, 1.54) is 28.1 Å². The van der Waals surface area contributed by atoms with Gasteiger partial charge in [0.2, 0.25) is 0 Å². The van der Waals surface area contributed by atoms with Crippen LogP contribution in [0.1, 0.15) is 24.3 Å². The molecule has 0 bridgehead atoms. The first kappa shape index (κ1) is 16.5. The van der Waals surface area contributed by atoms with Gasteiger partial charge < -0.3 is 10.0 Å². The Kier molecular flexibility index (Phi) is 4.32. The van der Waals surface area contributed by atoms with E-state index in [2.05, 4.69) is 4.98 Å². The van der Waals surface area contributed by atoms with Crippen LogP contribution < -0.4 is 0 Å². The number of hydrogen-bond donors (Lipinski definition) is 1. The van der Waals surface area contributed by atoms with E-state index in [0.717, 1.165) is 0 Å². The Morgan fingerprint density at radius 2 is 2.09 bits per heavy atom. The molecule has 1 aromatic rings. The van der Waals surface area contributed by atoms with E-state index in [4.69, 9.17) is 0 Å². The summed E-state index contributed by atoms with van der Waals surface area (Å²) in [5, 5.41) is 9.72. The van der Waals surface area contributed by atoms with Crippen molar-refractivity contribution in [1.29, 1.82) is 0 Å². The Morgan fingerprint density at radius 3 is 2.64 bits per heavy atom. The number of nitrogens with zero attached hydrogens (tertiary/aromatic N) is 3. The van der Waals surface area contributed by atoms with Gasteiger partial charge >= 0.3 is 6.18 Å². The van der Waals surface area contributed by atoms with Gasteiger partial charge in [-0.15, -0.1) is 0 Å². The van der Waals surface area contributed by atoms with Crippen LogP contribution in [-0.2, 0) is 0 Å². The molecule has 1 amide bonds. The van der Waals surface area contributed by atoms with E-state index in [1.54, 1.807) is 13.8 Å². The predicted octanol–water partition coefficient (Wildman–Crippen LogP) is 1.89. The number of carbonyl (C=O) groups excluding carboxylic acids is 1. The maximum atomic E-state index is 12.5. The summed E-state index contributed by atoms with van der Waals surface area (Å²) in [5.41, 5.74) is -0.871. The normalized spacial score (nSPS) is 19.2. The zero-order chi connectivity index (χ0) is 16.5. The zero-order valence-electron chi connectivity index (χ0n) is 12.4. The van der Waals surface area contributed by atoms with Crippen molar-refractivity contribution >= 4 is 5.91 Å². The number of alkyl halides is 3. The maximum absolute atomic E-state index is 12.5. The molecule has 0 spiro atoms. The Bertz CT molecular complexity index is 561. The third-order valence-corrected chi connectivity index (χ3v) is 3.62. The van der Waals surface area contributed by atoms with Gasteiger partial charge in [-0.3, -0.25) is 9.69 Å². The Balaban J connectivity index is 2.14. The van der Waals surface area contributed by atoms with Gasteiger partial charge in [-0.2, -0.15) is 13.2 Å². The number of carbonyl (C=O) groups is 1. The first-order valence-electron chi connectivity index (χ1n) is 6.85. The summed E-state index contributed by atoms with van der Waals surface area (Å²) in [5.74, 6) is -0.712. The van der Waals surface area contributed by atoms with Crippen LogP contribution >= 0.6 is 0 Å². The predicted molar refractivity (Wildman–Crippen MR) is 73.5 cm³/mol. The molecule has 8 heteroatoms. The van der Waals surface area contributed by atoms with Gasteiger partial charge in [0.1, 0.15) is 5.75 Å². The second kappa shape index (κ2) is 5.75. The number of rotatable bonds is 2. The molecule has 0 aromatic carbocycles. The van der Waals surface area contributed by atoms with Crippen molar-refractivity contribution in [1.82, 2.24) is 14.8 Å². The Hall–Kier alpha value is -1.83. The van der Waals surface area contributed by atoms with Crippen molar-refractivity contribution in [3.8, 4) is 5.75 Å². The first-order chi connectivity index (χ1) is 10.1. The molecule has 1 aliphatic rings. The zero-order valence-corrected chi connectivity index (χ0v) is 12.4. The minimum absolute atomic E-state index is 0.0835. The minimum atomic E-state index is -4.26. The van der Waals surface area contributed by atoms with Gasteiger partial charge in [-0.1, -0.05) is 0 Å². The third kappa shape index (κ3) is 3.68. The monoisotopic (exact) mass is 317 g/mol. The standard InChI is InChI=1S/C14H18F3N3O2/c1-13(2)8-19(9-14(15,16)17)6-7-20(13)12(22)11-10(21)4-3-5-18-11/h3-5,21H,6-9H2,1-2H3. The Labute approximate surface area is 126 Å². The van der Waals surface area contributed by atoms with E-state index in [-0.39, 0.29) is 31.1 Å². The fraction of sp³-hybridized carbons (Fsp3) is 0.571. The summed E-state index contributed by atoms with van der Waals surface area (Å²) in [7, 11) is 0. The lowest BCUT2D eigenvalue weighted by molar-refractivity contribution is -0.153. The molecule has 1 N–H and O–H groups in total. The van der Waals surface area contributed by atoms with Crippen molar-refractivity contribution < 1.29 is 23.1 Å². The van der Waals surface area contributed by atoms with Gasteiger partial charge in [-0.25, -0.2) is 4.98 Å². The smallest absolute Gasteiger partial charge is 0.401 e. The highest BCUT2D eigenvalue weighted by Gasteiger charge is 2.41. The topological polar surface area (TPSA) is 56.7 Å². The molecule has 1 saturated heterocycles. The van der Waals surface area contributed by atoms with Crippen molar-refractivity contribution in [3.05, 3.63) is 24.0 Å². The average molecular weight is 317 g/mol. The minimum Gasteiger partial charge on any atom is -0.505 e. The molecule has 2 rings (SSSR count). The number of piperazine rings is 1. The molecule has 0 unspecified atom stereocenters. The van der Waals surface area contributed by atoms with Crippen LogP contribution in [0.3, 0.4) is 0 Å². The van der Waals surface area contributed by atoms with Crippen LogP contribution in [0.4, 0.5) is 13.2 Å². The van der Waals surface area contributed by atoms with E-state index in [0.29, 0.717) is 0 Å². The molecular weight excluding hydrogens is 299 g/mol. The van der Waals surface area contributed by atoms with Crippen molar-refractivity contribution in [2.75, 3.05) is 26.2 Å². The summed E-state index contributed by atoms with van der Waals surface area (Å²) in [6.45, 7) is 2.79. The van der Waals surface area contributed by atoms with Gasteiger partial charge in [0.15, 0.2) is 5.69 Å². The highest BCUT2D eigenvalue weighted by Crippen LogP contribution is 2.27. The maximum Gasteiger partial charge on any atom is 0.401 e. The molecule has 1 aromatic heterocycles. The van der Waals surface area contributed by atoms with Crippen LogP contribution in [0.2, 0.25) is 0 Å². The van der Waals surface area contributed by atoms with E-state index < -0.39 is 24.2 Å². The highest BCUT2D eigenvalue weighted by molar-refractivity contribution is 5.95. The van der Waals surface area contributed by atoms with Crippen LogP contribution in [-0.4, -0.2) is 63.7 Å². The van der Waals surface area contributed by atoms with Gasteiger partial charge in [0, 0.05) is 25.8 Å². The summed E-state index contributed by atoms with van der Waals surface area (Å²) in [4.78, 5) is 19.1. The largest absolute Gasteiger partial charge is 0.505 e.